The predicted molar refractivity (Wildman–Crippen MR) is 91.2 cm³/mol. The first-order chi connectivity index (χ1) is 11.1. The lowest BCUT2D eigenvalue weighted by Crippen LogP contribution is -2.33. The number of rotatable bonds is 6. The number of carbonyl (C=O) groups is 1. The summed E-state index contributed by atoms with van der Waals surface area (Å²) in [6.45, 7) is 0.309. The van der Waals surface area contributed by atoms with Crippen LogP contribution < -0.4 is 15.4 Å². The number of methoxy groups -OCH3 is 2. The molecule has 2 rings (SSSR count). The Labute approximate surface area is 140 Å². The van der Waals surface area contributed by atoms with Crippen molar-refractivity contribution < 1.29 is 14.3 Å². The van der Waals surface area contributed by atoms with Crippen LogP contribution in [0.25, 0.3) is 0 Å². The van der Waals surface area contributed by atoms with Gasteiger partial charge in [-0.25, -0.2) is 4.79 Å². The van der Waals surface area contributed by atoms with Crippen molar-refractivity contribution in [3.8, 4) is 5.75 Å². The molecule has 0 aliphatic heterocycles. The number of carbonyl (C=O) groups excluding carboxylic acids is 1. The Balaban J connectivity index is 1.96. The van der Waals surface area contributed by atoms with Crippen molar-refractivity contribution in [1.82, 2.24) is 5.32 Å². The first kappa shape index (κ1) is 17.1. The van der Waals surface area contributed by atoms with Crippen LogP contribution in [-0.2, 0) is 4.74 Å². The second kappa shape index (κ2) is 8.41. The Morgan fingerprint density at radius 1 is 1.17 bits per heavy atom. The lowest BCUT2D eigenvalue weighted by molar-refractivity contribution is 0.102. The predicted octanol–water partition coefficient (Wildman–Crippen LogP) is 3.86. The number of amides is 2. The number of benzene rings is 2. The Hall–Kier alpha value is -2.24. The zero-order valence-corrected chi connectivity index (χ0v) is 13.8. The summed E-state index contributed by atoms with van der Waals surface area (Å²) in [4.78, 5) is 12.0. The highest BCUT2D eigenvalue weighted by atomic mass is 35.5. The van der Waals surface area contributed by atoms with Crippen molar-refractivity contribution in [3.05, 3.63) is 59.1 Å². The molecular formula is C17H19ClN2O3. The van der Waals surface area contributed by atoms with Gasteiger partial charge in [-0.3, -0.25) is 0 Å². The Kier molecular flexibility index (Phi) is 6.26. The third kappa shape index (κ3) is 4.87. The summed E-state index contributed by atoms with van der Waals surface area (Å²) >= 11 is 5.89. The van der Waals surface area contributed by atoms with E-state index >= 15 is 0 Å². The summed E-state index contributed by atoms with van der Waals surface area (Å²) in [5.41, 5.74) is 1.50. The van der Waals surface area contributed by atoms with Gasteiger partial charge in [0, 0.05) is 29.9 Å². The monoisotopic (exact) mass is 334 g/mol. The lowest BCUT2D eigenvalue weighted by Gasteiger charge is -2.19. The van der Waals surface area contributed by atoms with E-state index in [1.807, 2.05) is 24.3 Å². The molecular weight excluding hydrogens is 316 g/mol. The zero-order chi connectivity index (χ0) is 16.7. The number of halogens is 1. The third-order valence-electron chi connectivity index (χ3n) is 3.30. The van der Waals surface area contributed by atoms with E-state index in [0.29, 0.717) is 17.3 Å². The molecule has 0 aliphatic carbocycles. The molecule has 0 heterocycles. The topological polar surface area (TPSA) is 59.6 Å². The Morgan fingerprint density at radius 2 is 1.96 bits per heavy atom. The normalized spacial score (nSPS) is 11.6. The molecule has 2 aromatic carbocycles. The van der Waals surface area contributed by atoms with Gasteiger partial charge < -0.3 is 20.1 Å². The number of hydrogen-bond acceptors (Lipinski definition) is 3. The quantitative estimate of drug-likeness (QED) is 0.843. The number of anilines is 1. The first-order valence-electron chi connectivity index (χ1n) is 7.10. The summed E-state index contributed by atoms with van der Waals surface area (Å²) in [5, 5.41) is 6.06. The molecule has 0 spiro atoms. The van der Waals surface area contributed by atoms with Crippen LogP contribution in [0.1, 0.15) is 11.7 Å². The van der Waals surface area contributed by atoms with Crippen LogP contribution in [0, 0.1) is 0 Å². The summed E-state index contributed by atoms with van der Waals surface area (Å²) in [6.07, 6.45) is -0.309. The van der Waals surface area contributed by atoms with Crippen LogP contribution in [0.15, 0.2) is 48.5 Å². The largest absolute Gasteiger partial charge is 0.496 e. The first-order valence-corrected chi connectivity index (χ1v) is 7.48. The van der Waals surface area contributed by atoms with Gasteiger partial charge in [0.05, 0.1) is 7.11 Å². The van der Waals surface area contributed by atoms with Crippen molar-refractivity contribution in [1.29, 1.82) is 0 Å². The van der Waals surface area contributed by atoms with E-state index in [1.165, 1.54) is 0 Å². The molecule has 5 nitrogen and oxygen atoms in total. The van der Waals surface area contributed by atoms with E-state index in [1.54, 1.807) is 38.5 Å². The molecule has 1 atom stereocenters. The fraction of sp³-hybridized carbons (Fsp3) is 0.235. The van der Waals surface area contributed by atoms with Crippen LogP contribution in [0.4, 0.5) is 10.5 Å². The second-order valence-electron chi connectivity index (χ2n) is 4.81. The van der Waals surface area contributed by atoms with Crippen molar-refractivity contribution in [3.63, 3.8) is 0 Å². The van der Waals surface area contributed by atoms with E-state index in [-0.39, 0.29) is 12.1 Å². The van der Waals surface area contributed by atoms with Crippen LogP contribution in [0.3, 0.4) is 0 Å². The van der Waals surface area contributed by atoms with E-state index in [9.17, 15) is 4.79 Å². The highest BCUT2D eigenvalue weighted by molar-refractivity contribution is 6.30. The number of hydrogen-bond donors (Lipinski definition) is 2. The molecule has 0 radical (unpaired) electrons. The van der Waals surface area contributed by atoms with Gasteiger partial charge in [-0.05, 0) is 24.3 Å². The van der Waals surface area contributed by atoms with Crippen molar-refractivity contribution in [2.75, 3.05) is 26.1 Å². The fourth-order valence-electron chi connectivity index (χ4n) is 2.18. The molecule has 0 saturated heterocycles. The van der Waals surface area contributed by atoms with Gasteiger partial charge >= 0.3 is 6.03 Å². The highest BCUT2D eigenvalue weighted by Crippen LogP contribution is 2.26. The number of para-hydroxylation sites is 1. The maximum Gasteiger partial charge on any atom is 0.319 e. The van der Waals surface area contributed by atoms with Gasteiger partial charge in [0.15, 0.2) is 0 Å². The summed E-state index contributed by atoms with van der Waals surface area (Å²) in [5.74, 6) is 0.719. The smallest absolute Gasteiger partial charge is 0.319 e. The molecule has 0 bridgehead atoms. The Morgan fingerprint density at radius 3 is 2.65 bits per heavy atom. The highest BCUT2D eigenvalue weighted by Gasteiger charge is 2.16. The van der Waals surface area contributed by atoms with Gasteiger partial charge in [-0.15, -0.1) is 0 Å². The average Bonchev–Trinajstić information content (AvgIpc) is 2.56. The van der Waals surface area contributed by atoms with Crippen molar-refractivity contribution in [2.24, 2.45) is 0 Å². The molecule has 0 aromatic heterocycles. The minimum absolute atomic E-state index is 0.309. The molecule has 2 N–H and O–H groups in total. The van der Waals surface area contributed by atoms with E-state index in [0.717, 1.165) is 11.3 Å². The fourth-order valence-corrected chi connectivity index (χ4v) is 2.37. The molecule has 2 aromatic rings. The molecule has 6 heteroatoms. The van der Waals surface area contributed by atoms with Gasteiger partial charge in [-0.1, -0.05) is 35.9 Å². The van der Waals surface area contributed by atoms with Crippen LogP contribution in [0.5, 0.6) is 5.75 Å². The van der Waals surface area contributed by atoms with Gasteiger partial charge in [0.25, 0.3) is 0 Å². The minimum Gasteiger partial charge on any atom is -0.496 e. The van der Waals surface area contributed by atoms with Crippen LogP contribution >= 0.6 is 11.6 Å². The van der Waals surface area contributed by atoms with E-state index < -0.39 is 0 Å². The molecule has 2 amide bonds. The molecule has 0 saturated carbocycles. The minimum atomic E-state index is -0.329. The average molecular weight is 335 g/mol. The van der Waals surface area contributed by atoms with Gasteiger partial charge in [0.2, 0.25) is 0 Å². The zero-order valence-electron chi connectivity index (χ0n) is 13.0. The molecule has 122 valence electrons. The summed E-state index contributed by atoms with van der Waals surface area (Å²) < 4.78 is 10.8. The lowest BCUT2D eigenvalue weighted by atomic mass is 10.1. The second-order valence-corrected chi connectivity index (χ2v) is 5.25. The SMILES string of the molecule is COc1ccccc1C(CNC(=O)Nc1cccc(Cl)c1)OC. The van der Waals surface area contributed by atoms with Crippen molar-refractivity contribution in [2.45, 2.75) is 6.10 Å². The number of urea groups is 1. The maximum atomic E-state index is 12.0. The molecule has 0 fully saturated rings. The number of ether oxygens (including phenoxy) is 2. The van der Waals surface area contributed by atoms with E-state index in [4.69, 9.17) is 21.1 Å². The standard InChI is InChI=1S/C17H19ClN2O3/c1-22-15-9-4-3-8-14(15)16(23-2)11-19-17(21)20-13-7-5-6-12(18)10-13/h3-10,16H,11H2,1-2H3,(H2,19,20,21). The van der Waals surface area contributed by atoms with Crippen LogP contribution in [0.2, 0.25) is 5.02 Å². The van der Waals surface area contributed by atoms with Crippen LogP contribution in [-0.4, -0.2) is 26.8 Å². The molecule has 1 unspecified atom stereocenters. The molecule has 0 aliphatic rings. The van der Waals surface area contributed by atoms with Gasteiger partial charge in [0.1, 0.15) is 11.9 Å². The van der Waals surface area contributed by atoms with Crippen molar-refractivity contribution >= 4 is 23.3 Å². The number of nitrogens with one attached hydrogen (secondary N) is 2. The summed E-state index contributed by atoms with van der Waals surface area (Å²) in [6, 6.07) is 14.2. The maximum absolute atomic E-state index is 12.0. The van der Waals surface area contributed by atoms with Gasteiger partial charge in [-0.2, -0.15) is 0 Å². The van der Waals surface area contributed by atoms with E-state index in [2.05, 4.69) is 10.6 Å². The third-order valence-corrected chi connectivity index (χ3v) is 3.54. The molecule has 23 heavy (non-hydrogen) atoms. The Bertz CT molecular complexity index is 664. The summed E-state index contributed by atoms with van der Waals surface area (Å²) in [7, 11) is 3.19.